The number of carbonyl (C=O) groups excluding carboxylic acids is 1. The molecule has 10 heteroatoms. The highest BCUT2D eigenvalue weighted by Gasteiger charge is 2.23. The molecule has 0 saturated carbocycles. The third kappa shape index (κ3) is 5.19. The van der Waals surface area contributed by atoms with Crippen molar-refractivity contribution in [3.05, 3.63) is 70.1 Å². The molecule has 2 heterocycles. The third-order valence-corrected chi connectivity index (χ3v) is 6.37. The number of carbonyl (C=O) groups is 1. The molecular weight excluding hydrogens is 480 g/mol. The monoisotopic (exact) mass is 503 g/mol. The van der Waals surface area contributed by atoms with E-state index in [0.717, 1.165) is 17.5 Å². The highest BCUT2D eigenvalue weighted by atomic mass is 35.5. The summed E-state index contributed by atoms with van der Waals surface area (Å²) in [5.74, 6) is -0.104. The second-order valence-electron chi connectivity index (χ2n) is 8.13. The van der Waals surface area contributed by atoms with E-state index in [-0.39, 0.29) is 27.9 Å². The average molecular weight is 504 g/mol. The lowest BCUT2D eigenvalue weighted by Crippen LogP contribution is -2.35. The van der Waals surface area contributed by atoms with Gasteiger partial charge in [-0.15, -0.1) is 0 Å². The zero-order valence-electron chi connectivity index (χ0n) is 18.4. The van der Waals surface area contributed by atoms with E-state index < -0.39 is 11.9 Å². The van der Waals surface area contributed by atoms with E-state index in [2.05, 4.69) is 10.3 Å². The molecule has 178 valence electrons. The van der Waals surface area contributed by atoms with Crippen LogP contribution in [0, 0.1) is 5.82 Å². The second-order valence-corrected chi connectivity index (χ2v) is 8.91. The van der Waals surface area contributed by atoms with Crippen LogP contribution < -0.4 is 21.5 Å². The minimum Gasteiger partial charge on any atom is -0.482 e. The normalized spacial score (nSPS) is 16.4. The van der Waals surface area contributed by atoms with Gasteiger partial charge < -0.3 is 26.4 Å². The van der Waals surface area contributed by atoms with E-state index in [9.17, 15) is 9.18 Å². The van der Waals surface area contributed by atoms with Crippen LogP contribution >= 0.6 is 23.2 Å². The number of pyridine rings is 1. The zero-order chi connectivity index (χ0) is 24.4. The molecule has 1 fully saturated rings. The van der Waals surface area contributed by atoms with E-state index in [0.29, 0.717) is 30.1 Å². The molecule has 1 aliphatic heterocycles. The van der Waals surface area contributed by atoms with Gasteiger partial charge in [0.15, 0.2) is 11.6 Å². The van der Waals surface area contributed by atoms with Crippen molar-refractivity contribution >= 4 is 40.7 Å². The summed E-state index contributed by atoms with van der Waals surface area (Å²) in [6.45, 7) is 2.90. The molecule has 2 aromatic carbocycles. The van der Waals surface area contributed by atoms with Gasteiger partial charge in [0.25, 0.3) is 0 Å². The maximum absolute atomic E-state index is 13.9. The molecule has 1 aliphatic rings. The summed E-state index contributed by atoms with van der Waals surface area (Å²) in [6.07, 6.45) is 1.75. The molecule has 0 radical (unpaired) electrons. The number of urea groups is 1. The van der Waals surface area contributed by atoms with Gasteiger partial charge in [-0.25, -0.2) is 14.2 Å². The number of hydrogen-bond donors (Lipinski definition) is 3. The fourth-order valence-corrected chi connectivity index (χ4v) is 4.47. The fourth-order valence-electron chi connectivity index (χ4n) is 3.79. The Morgan fingerprint density at radius 2 is 1.97 bits per heavy atom. The van der Waals surface area contributed by atoms with Gasteiger partial charge in [-0.05, 0) is 49.2 Å². The number of aromatic nitrogens is 1. The molecule has 2 amide bonds. The fraction of sp³-hybridized carbons (Fsp3) is 0.250. The minimum atomic E-state index is -0.675. The smallest absolute Gasteiger partial charge is 0.321 e. The van der Waals surface area contributed by atoms with Gasteiger partial charge in [0.05, 0.1) is 5.02 Å². The minimum absolute atomic E-state index is 0.0261. The van der Waals surface area contributed by atoms with Crippen LogP contribution in [0.4, 0.5) is 20.7 Å². The maximum Gasteiger partial charge on any atom is 0.321 e. The first-order valence-corrected chi connectivity index (χ1v) is 11.5. The van der Waals surface area contributed by atoms with Gasteiger partial charge >= 0.3 is 6.03 Å². The van der Waals surface area contributed by atoms with Crippen molar-refractivity contribution in [2.45, 2.75) is 25.5 Å². The standard InChI is InChI=1S/C24H24Cl2FN5O2/c1-13(21-18(25)6-7-19(27)22(21)26)34-20-10-15(11-30-23(20)29)14-2-4-17(5-3-14)31-24(33)32-9-8-16(28)12-32/h2-7,10-11,13,16H,8-9,12,28H2,1H3,(H2,29,30)(H,31,33)/t13-,16?/m1/s1. The van der Waals surface area contributed by atoms with Crippen LogP contribution in [0.15, 0.2) is 48.7 Å². The Morgan fingerprint density at radius 1 is 1.24 bits per heavy atom. The van der Waals surface area contributed by atoms with Crippen LogP contribution in [0.2, 0.25) is 10.0 Å². The predicted molar refractivity (Wildman–Crippen MR) is 133 cm³/mol. The Labute approximate surface area is 206 Å². The lowest BCUT2D eigenvalue weighted by atomic mass is 10.1. The third-order valence-electron chi connectivity index (χ3n) is 5.65. The summed E-state index contributed by atoms with van der Waals surface area (Å²) >= 11 is 12.3. The van der Waals surface area contributed by atoms with E-state index in [1.165, 1.54) is 12.1 Å². The Morgan fingerprint density at radius 3 is 2.65 bits per heavy atom. The van der Waals surface area contributed by atoms with Crippen LogP contribution in [0.3, 0.4) is 0 Å². The first kappa shape index (κ1) is 24.1. The van der Waals surface area contributed by atoms with Crippen molar-refractivity contribution in [3.63, 3.8) is 0 Å². The predicted octanol–water partition coefficient (Wildman–Crippen LogP) is 5.48. The summed E-state index contributed by atoms with van der Waals surface area (Å²) in [6, 6.07) is 11.5. The quantitative estimate of drug-likeness (QED) is 0.399. The van der Waals surface area contributed by atoms with Gasteiger partial charge in [0, 0.05) is 47.2 Å². The molecule has 1 saturated heterocycles. The summed E-state index contributed by atoms with van der Waals surface area (Å²) in [7, 11) is 0. The van der Waals surface area contributed by atoms with Gasteiger partial charge in [-0.2, -0.15) is 0 Å². The topological polar surface area (TPSA) is 106 Å². The Bertz CT molecular complexity index is 1210. The number of nitrogens with two attached hydrogens (primary N) is 2. The Kier molecular flexibility index (Phi) is 7.11. The Hall–Kier alpha value is -3.07. The SMILES string of the molecule is C[C@@H](Oc1cc(-c2ccc(NC(=O)N3CCC(N)C3)cc2)cnc1N)c1c(Cl)ccc(F)c1Cl. The zero-order valence-corrected chi connectivity index (χ0v) is 19.9. The summed E-state index contributed by atoms with van der Waals surface area (Å²) in [4.78, 5) is 18.3. The molecule has 5 N–H and O–H groups in total. The van der Waals surface area contributed by atoms with Gasteiger partial charge in [-0.1, -0.05) is 35.3 Å². The van der Waals surface area contributed by atoms with Crippen molar-refractivity contribution in [1.29, 1.82) is 0 Å². The van der Waals surface area contributed by atoms with Crippen LogP contribution in [0.1, 0.15) is 25.0 Å². The van der Waals surface area contributed by atoms with Crippen LogP contribution in [0.5, 0.6) is 5.75 Å². The van der Waals surface area contributed by atoms with Gasteiger partial charge in [0.2, 0.25) is 0 Å². The summed E-state index contributed by atoms with van der Waals surface area (Å²) in [5, 5.41) is 3.06. The number of nitrogens with zero attached hydrogens (tertiary/aromatic N) is 2. The van der Waals surface area contributed by atoms with Crippen molar-refractivity contribution in [3.8, 4) is 16.9 Å². The van der Waals surface area contributed by atoms with E-state index in [1.54, 1.807) is 36.2 Å². The van der Waals surface area contributed by atoms with Crippen LogP contribution in [0.25, 0.3) is 11.1 Å². The molecule has 1 unspecified atom stereocenters. The van der Waals surface area contributed by atoms with E-state index >= 15 is 0 Å². The molecule has 34 heavy (non-hydrogen) atoms. The van der Waals surface area contributed by atoms with Crippen LogP contribution in [-0.2, 0) is 0 Å². The van der Waals surface area contributed by atoms with Crippen molar-refractivity contribution in [2.24, 2.45) is 5.73 Å². The molecule has 0 bridgehead atoms. The van der Waals surface area contributed by atoms with E-state index in [1.807, 2.05) is 12.1 Å². The van der Waals surface area contributed by atoms with Crippen molar-refractivity contribution in [2.75, 3.05) is 24.1 Å². The van der Waals surface area contributed by atoms with Crippen LogP contribution in [-0.4, -0.2) is 35.0 Å². The van der Waals surface area contributed by atoms with Crippen molar-refractivity contribution in [1.82, 2.24) is 9.88 Å². The highest BCUT2D eigenvalue weighted by Crippen LogP contribution is 2.37. The molecule has 0 spiro atoms. The number of halogens is 3. The number of amides is 2. The number of nitrogen functional groups attached to an aromatic ring is 1. The number of anilines is 2. The average Bonchev–Trinajstić information content (AvgIpc) is 3.25. The molecule has 4 rings (SSSR count). The molecule has 3 aromatic rings. The molecule has 0 aliphatic carbocycles. The first-order valence-electron chi connectivity index (χ1n) is 10.7. The highest BCUT2D eigenvalue weighted by molar-refractivity contribution is 6.36. The lowest BCUT2D eigenvalue weighted by molar-refractivity contribution is 0.222. The summed E-state index contributed by atoms with van der Waals surface area (Å²) < 4.78 is 19.9. The maximum atomic E-state index is 13.9. The van der Waals surface area contributed by atoms with Gasteiger partial charge in [-0.3, -0.25) is 0 Å². The van der Waals surface area contributed by atoms with Crippen molar-refractivity contribution < 1.29 is 13.9 Å². The van der Waals surface area contributed by atoms with E-state index in [4.69, 9.17) is 39.4 Å². The molecule has 2 atom stereocenters. The number of ether oxygens (including phenoxy) is 1. The molecule has 7 nitrogen and oxygen atoms in total. The number of nitrogens with one attached hydrogen (secondary N) is 1. The number of rotatable bonds is 5. The molecular formula is C24H24Cl2FN5O2. The summed E-state index contributed by atoms with van der Waals surface area (Å²) in [5.41, 5.74) is 14.5. The van der Waals surface area contributed by atoms with Gasteiger partial charge in [0.1, 0.15) is 11.9 Å². The molecule has 1 aromatic heterocycles. The Balaban J connectivity index is 1.50. The largest absolute Gasteiger partial charge is 0.482 e. The second kappa shape index (κ2) is 10.0. The number of likely N-dealkylation sites (tertiary alicyclic amines) is 1. The lowest BCUT2D eigenvalue weighted by Gasteiger charge is -2.19. The number of benzene rings is 2. The number of hydrogen-bond acceptors (Lipinski definition) is 5. The first-order chi connectivity index (χ1) is 16.2.